The van der Waals surface area contributed by atoms with E-state index in [2.05, 4.69) is 22.1 Å². The molecular weight excluding hydrogens is 336 g/mol. The smallest absolute Gasteiger partial charge is 0.290 e. The van der Waals surface area contributed by atoms with E-state index >= 15 is 0 Å². The fraction of sp³-hybridized carbons (Fsp3) is 0. The number of pyridine rings is 1. The number of carbonyl (C=O) groups is 2. The average molecular weight is 346 g/mol. The number of rotatable bonds is 1. The topological polar surface area (TPSA) is 72.2 Å². The molecule has 5 nitrogen and oxygen atoms in total. The maximum Gasteiger partial charge on any atom is 0.290 e. The lowest BCUT2D eigenvalue weighted by molar-refractivity contribution is -0.115. The number of carbonyl (C=O) groups excluding carboxylic acids is 2. The third-order valence-corrected chi connectivity index (χ3v) is 4.28. The fourth-order valence-electron chi connectivity index (χ4n) is 2.35. The van der Waals surface area contributed by atoms with Gasteiger partial charge in [-0.15, -0.1) is 0 Å². The van der Waals surface area contributed by atoms with E-state index < -0.39 is 5.91 Å². The van der Waals surface area contributed by atoms with Crippen molar-refractivity contribution in [2.45, 2.75) is 0 Å². The van der Waals surface area contributed by atoms with Crippen molar-refractivity contribution in [3.8, 4) is 11.8 Å². The molecule has 0 bridgehead atoms. The zero-order valence-electron chi connectivity index (χ0n) is 12.8. The fourth-order valence-corrected chi connectivity index (χ4v) is 3.02. The van der Waals surface area contributed by atoms with Crippen LogP contribution in [0.1, 0.15) is 16.9 Å². The maximum absolute atomic E-state index is 11.6. The Hall–Kier alpha value is -3.30. The predicted molar refractivity (Wildman–Crippen MR) is 95.5 cm³/mol. The van der Waals surface area contributed by atoms with Gasteiger partial charge in [-0.05, 0) is 30.0 Å². The van der Waals surface area contributed by atoms with E-state index in [4.69, 9.17) is 4.42 Å². The molecule has 1 aliphatic rings. The molecule has 2 aromatic heterocycles. The number of nitrogens with zero attached hydrogens (tertiary/aromatic N) is 1. The lowest BCUT2D eigenvalue weighted by Crippen LogP contribution is -2.17. The Morgan fingerprint density at radius 2 is 1.96 bits per heavy atom. The van der Waals surface area contributed by atoms with Crippen molar-refractivity contribution in [3.63, 3.8) is 0 Å². The highest BCUT2D eigenvalue weighted by Gasteiger charge is 2.25. The Labute approximate surface area is 147 Å². The lowest BCUT2D eigenvalue weighted by Gasteiger charge is -1.92. The highest BCUT2D eigenvalue weighted by atomic mass is 32.2. The van der Waals surface area contributed by atoms with Crippen molar-refractivity contribution in [3.05, 3.63) is 70.6 Å². The van der Waals surface area contributed by atoms with Crippen LogP contribution in [-0.2, 0) is 4.79 Å². The summed E-state index contributed by atoms with van der Waals surface area (Å²) in [5, 5.41) is 2.60. The van der Waals surface area contributed by atoms with Gasteiger partial charge >= 0.3 is 0 Å². The van der Waals surface area contributed by atoms with Crippen LogP contribution in [0.5, 0.6) is 0 Å². The molecule has 0 atom stereocenters. The van der Waals surface area contributed by atoms with Crippen LogP contribution < -0.4 is 5.32 Å². The van der Waals surface area contributed by atoms with Crippen molar-refractivity contribution in [2.75, 3.05) is 0 Å². The molecule has 2 amide bonds. The summed E-state index contributed by atoms with van der Waals surface area (Å²) in [6.07, 6.45) is 4.85. The lowest BCUT2D eigenvalue weighted by atomic mass is 10.2. The van der Waals surface area contributed by atoms with Crippen molar-refractivity contribution in [1.82, 2.24) is 10.3 Å². The number of hydrogen-bond donors (Lipinski definition) is 1. The van der Waals surface area contributed by atoms with Gasteiger partial charge in [-0.3, -0.25) is 19.9 Å². The molecule has 0 spiro atoms. The summed E-state index contributed by atoms with van der Waals surface area (Å²) in [5.74, 6) is 6.18. The van der Waals surface area contributed by atoms with Crippen LogP contribution in [0.25, 0.3) is 17.0 Å². The molecule has 1 fully saturated rings. The van der Waals surface area contributed by atoms with Crippen molar-refractivity contribution in [2.24, 2.45) is 0 Å². The van der Waals surface area contributed by atoms with E-state index in [1.807, 2.05) is 30.3 Å². The van der Waals surface area contributed by atoms with E-state index in [1.165, 1.54) is 0 Å². The largest absolute Gasteiger partial charge is 0.455 e. The number of hydrogen-bond acceptors (Lipinski definition) is 5. The van der Waals surface area contributed by atoms with E-state index in [-0.39, 0.29) is 5.24 Å². The first-order valence-electron chi connectivity index (χ1n) is 7.38. The normalized spacial score (nSPS) is 15.3. The third kappa shape index (κ3) is 3.18. The third-order valence-electron chi connectivity index (χ3n) is 3.47. The Bertz CT molecular complexity index is 1090. The second-order valence-corrected chi connectivity index (χ2v) is 6.24. The summed E-state index contributed by atoms with van der Waals surface area (Å²) in [5.41, 5.74) is 2.15. The number of furan rings is 1. The van der Waals surface area contributed by atoms with Gasteiger partial charge in [0.2, 0.25) is 0 Å². The minimum Gasteiger partial charge on any atom is -0.455 e. The van der Waals surface area contributed by atoms with Gasteiger partial charge in [0.15, 0.2) is 5.58 Å². The first kappa shape index (κ1) is 15.2. The molecule has 25 heavy (non-hydrogen) atoms. The summed E-state index contributed by atoms with van der Waals surface area (Å²) in [6, 6.07) is 11.4. The van der Waals surface area contributed by atoms with Crippen LogP contribution in [0.4, 0.5) is 4.79 Å². The molecule has 1 aromatic carbocycles. The summed E-state index contributed by atoms with van der Waals surface area (Å²) in [4.78, 5) is 27.3. The zero-order valence-corrected chi connectivity index (χ0v) is 13.6. The highest BCUT2D eigenvalue weighted by Crippen LogP contribution is 2.28. The quantitative estimate of drug-likeness (QED) is 0.539. The average Bonchev–Trinajstić information content (AvgIpc) is 3.16. The van der Waals surface area contributed by atoms with Gasteiger partial charge in [0.25, 0.3) is 11.1 Å². The molecule has 0 radical (unpaired) electrons. The zero-order chi connectivity index (χ0) is 17.2. The summed E-state index contributed by atoms with van der Waals surface area (Å²) in [6.45, 7) is 0. The van der Waals surface area contributed by atoms with E-state index in [9.17, 15) is 9.59 Å². The molecule has 1 saturated heterocycles. The molecule has 0 unspecified atom stereocenters. The van der Waals surface area contributed by atoms with Gasteiger partial charge in [0, 0.05) is 29.4 Å². The molecular formula is C19H10N2O3S. The van der Waals surface area contributed by atoms with E-state index in [0.29, 0.717) is 21.8 Å². The van der Waals surface area contributed by atoms with Gasteiger partial charge in [-0.25, -0.2) is 0 Å². The Morgan fingerprint density at radius 3 is 2.72 bits per heavy atom. The molecule has 1 aliphatic heterocycles. The van der Waals surface area contributed by atoms with Crippen molar-refractivity contribution < 1.29 is 14.0 Å². The van der Waals surface area contributed by atoms with Crippen LogP contribution in [0.3, 0.4) is 0 Å². The molecule has 4 rings (SSSR count). The minimum atomic E-state index is -0.419. The summed E-state index contributed by atoms with van der Waals surface area (Å²) in [7, 11) is 0. The number of fused-ring (bicyclic) bond motifs is 1. The molecule has 6 heteroatoms. The minimum absolute atomic E-state index is 0.300. The van der Waals surface area contributed by atoms with Crippen LogP contribution in [0, 0.1) is 11.8 Å². The van der Waals surface area contributed by atoms with Gasteiger partial charge < -0.3 is 4.42 Å². The number of imide groups is 1. The highest BCUT2D eigenvalue weighted by molar-refractivity contribution is 8.18. The predicted octanol–water partition coefficient (Wildman–Crippen LogP) is 3.55. The number of amides is 2. The Kier molecular flexibility index (Phi) is 3.84. The number of benzene rings is 1. The molecule has 3 heterocycles. The second kappa shape index (κ2) is 6.30. The van der Waals surface area contributed by atoms with Gasteiger partial charge in [-0.1, -0.05) is 30.0 Å². The van der Waals surface area contributed by atoms with Crippen molar-refractivity contribution >= 4 is 40.0 Å². The number of nitrogens with one attached hydrogen (secondary N) is 1. The first-order valence-corrected chi connectivity index (χ1v) is 8.20. The Balaban J connectivity index is 1.72. The first-order chi connectivity index (χ1) is 12.2. The SMILES string of the molecule is O=C1NC(=O)/C(=C\c2cc3cncc(C#Cc4ccccc4)c3o2)S1. The molecule has 0 aliphatic carbocycles. The molecule has 3 aromatic rings. The Morgan fingerprint density at radius 1 is 1.12 bits per heavy atom. The van der Waals surface area contributed by atoms with E-state index in [0.717, 1.165) is 22.7 Å². The van der Waals surface area contributed by atoms with Gasteiger partial charge in [-0.2, -0.15) is 0 Å². The monoisotopic (exact) mass is 346 g/mol. The van der Waals surface area contributed by atoms with Crippen LogP contribution in [0.2, 0.25) is 0 Å². The van der Waals surface area contributed by atoms with E-state index in [1.54, 1.807) is 24.5 Å². The summed E-state index contributed by atoms with van der Waals surface area (Å²) < 4.78 is 5.81. The van der Waals surface area contributed by atoms with Gasteiger partial charge in [0.1, 0.15) is 5.76 Å². The molecule has 120 valence electrons. The van der Waals surface area contributed by atoms with Crippen LogP contribution in [-0.4, -0.2) is 16.1 Å². The van der Waals surface area contributed by atoms with Crippen LogP contribution >= 0.6 is 11.8 Å². The standard InChI is InChI=1S/C19H10N2O3S/c22-18-16(25-19(23)21-18)9-15-8-14-11-20-10-13(17(14)24-15)7-6-12-4-2-1-3-5-12/h1-5,8-11H,(H,21,22,23)/b16-9+. The molecule has 1 N–H and O–H groups in total. The van der Waals surface area contributed by atoms with Crippen LogP contribution in [0.15, 0.2) is 58.1 Å². The summed E-state index contributed by atoms with van der Waals surface area (Å²) >= 11 is 0.848. The second-order valence-electron chi connectivity index (χ2n) is 5.22. The molecule has 0 saturated carbocycles. The van der Waals surface area contributed by atoms with Crippen molar-refractivity contribution in [1.29, 1.82) is 0 Å². The maximum atomic E-state index is 11.6. The number of aromatic nitrogens is 1. The van der Waals surface area contributed by atoms with Gasteiger partial charge in [0.05, 0.1) is 10.5 Å². The number of thioether (sulfide) groups is 1.